The summed E-state index contributed by atoms with van der Waals surface area (Å²) in [6, 6.07) is 4.90. The molecule has 2 aliphatic heterocycles. The van der Waals surface area contributed by atoms with Crippen LogP contribution >= 0.6 is 23.2 Å². The van der Waals surface area contributed by atoms with Crippen molar-refractivity contribution in [1.29, 1.82) is 0 Å². The van der Waals surface area contributed by atoms with Gasteiger partial charge < -0.3 is 20.3 Å². The van der Waals surface area contributed by atoms with Crippen LogP contribution in [0.3, 0.4) is 0 Å². The second kappa shape index (κ2) is 9.99. The van der Waals surface area contributed by atoms with E-state index in [9.17, 15) is 9.59 Å². The molecule has 2 saturated heterocycles. The summed E-state index contributed by atoms with van der Waals surface area (Å²) in [4.78, 5) is 27.9. The van der Waals surface area contributed by atoms with Crippen molar-refractivity contribution >= 4 is 40.7 Å². The van der Waals surface area contributed by atoms with Crippen LogP contribution < -0.4 is 10.6 Å². The molecule has 0 aliphatic carbocycles. The number of carbonyl (C=O) groups is 2. The average Bonchev–Trinajstić information content (AvgIpc) is 3.41. The first-order valence-electron chi connectivity index (χ1n) is 10.4. The molecule has 31 heavy (non-hydrogen) atoms. The molecular weight excluding hydrogens is 441 g/mol. The van der Waals surface area contributed by atoms with Gasteiger partial charge in [0.2, 0.25) is 0 Å². The minimum Gasteiger partial charge on any atom is -0.381 e. The van der Waals surface area contributed by atoms with Crippen LogP contribution in [0.4, 0.5) is 5.69 Å². The van der Waals surface area contributed by atoms with E-state index in [4.69, 9.17) is 27.9 Å². The highest BCUT2D eigenvalue weighted by Crippen LogP contribution is 2.26. The number of anilines is 1. The highest BCUT2D eigenvalue weighted by molar-refractivity contribution is 6.40. The molecular formula is C21H25Cl2N5O3. The molecule has 1 aromatic heterocycles. The second-order valence-electron chi connectivity index (χ2n) is 7.99. The van der Waals surface area contributed by atoms with Crippen molar-refractivity contribution in [3.05, 3.63) is 45.7 Å². The largest absolute Gasteiger partial charge is 0.381 e. The van der Waals surface area contributed by atoms with Gasteiger partial charge in [-0.3, -0.25) is 14.7 Å². The summed E-state index contributed by atoms with van der Waals surface area (Å²) in [5, 5.41) is 12.8. The summed E-state index contributed by atoms with van der Waals surface area (Å²) >= 11 is 12.2. The number of hydrogen-bond donors (Lipinski definition) is 3. The fourth-order valence-corrected chi connectivity index (χ4v) is 4.63. The first kappa shape index (κ1) is 22.1. The number of piperidine rings is 1. The number of aromatic amines is 1. The lowest BCUT2D eigenvalue weighted by Gasteiger charge is -2.33. The van der Waals surface area contributed by atoms with Crippen LogP contribution in [-0.2, 0) is 4.74 Å². The Kier molecular flexibility index (Phi) is 7.12. The van der Waals surface area contributed by atoms with E-state index >= 15 is 0 Å². The van der Waals surface area contributed by atoms with Gasteiger partial charge in [0.1, 0.15) is 5.69 Å². The molecule has 3 heterocycles. The third kappa shape index (κ3) is 5.38. The van der Waals surface area contributed by atoms with Gasteiger partial charge in [-0.1, -0.05) is 29.3 Å². The van der Waals surface area contributed by atoms with Gasteiger partial charge in [0.15, 0.2) is 0 Å². The van der Waals surface area contributed by atoms with E-state index in [1.165, 1.54) is 6.20 Å². The molecule has 0 bridgehead atoms. The lowest BCUT2D eigenvalue weighted by molar-refractivity contribution is 0.0899. The fourth-order valence-electron chi connectivity index (χ4n) is 4.06. The van der Waals surface area contributed by atoms with E-state index in [2.05, 4.69) is 25.7 Å². The number of benzene rings is 1. The lowest BCUT2D eigenvalue weighted by atomic mass is 10.0. The molecule has 1 aromatic carbocycles. The maximum atomic E-state index is 12.8. The topological polar surface area (TPSA) is 99.3 Å². The Morgan fingerprint density at radius 2 is 1.90 bits per heavy atom. The van der Waals surface area contributed by atoms with Gasteiger partial charge in [-0.15, -0.1) is 0 Å². The zero-order valence-electron chi connectivity index (χ0n) is 17.0. The second-order valence-corrected chi connectivity index (χ2v) is 8.80. The van der Waals surface area contributed by atoms with Gasteiger partial charge in [0.25, 0.3) is 11.8 Å². The van der Waals surface area contributed by atoms with Crippen molar-refractivity contribution in [2.75, 3.05) is 38.2 Å². The molecule has 0 radical (unpaired) electrons. The molecule has 2 amide bonds. The van der Waals surface area contributed by atoms with Crippen molar-refractivity contribution in [2.45, 2.75) is 25.3 Å². The quantitative estimate of drug-likeness (QED) is 0.608. The highest BCUT2D eigenvalue weighted by Gasteiger charge is 2.26. The van der Waals surface area contributed by atoms with Crippen LogP contribution in [0.25, 0.3) is 0 Å². The number of rotatable bonds is 6. The van der Waals surface area contributed by atoms with E-state index in [0.717, 1.165) is 52.1 Å². The molecule has 3 N–H and O–H groups in total. The van der Waals surface area contributed by atoms with Gasteiger partial charge in [-0.05, 0) is 37.3 Å². The first-order valence-corrected chi connectivity index (χ1v) is 11.2. The summed E-state index contributed by atoms with van der Waals surface area (Å²) in [6.45, 7) is 4.66. The predicted molar refractivity (Wildman–Crippen MR) is 119 cm³/mol. The molecule has 1 atom stereocenters. The number of aromatic nitrogens is 2. The molecule has 8 nitrogen and oxygen atoms in total. The molecule has 10 heteroatoms. The third-order valence-corrected chi connectivity index (χ3v) is 6.40. The van der Waals surface area contributed by atoms with E-state index < -0.39 is 5.91 Å². The third-order valence-electron chi connectivity index (χ3n) is 5.77. The number of likely N-dealkylation sites (tertiary alicyclic amines) is 1. The maximum Gasteiger partial charge on any atom is 0.271 e. The number of H-pyrrole nitrogens is 1. The molecule has 2 aromatic rings. The summed E-state index contributed by atoms with van der Waals surface area (Å²) in [6.07, 6.45) is 4.28. The van der Waals surface area contributed by atoms with E-state index in [0.29, 0.717) is 5.92 Å². The highest BCUT2D eigenvalue weighted by atomic mass is 35.5. The normalized spacial score (nSPS) is 20.0. The molecule has 2 aliphatic rings. The van der Waals surface area contributed by atoms with Gasteiger partial charge in [0.05, 0.1) is 34.1 Å². The molecule has 2 fully saturated rings. The number of ether oxygens (including phenoxy) is 1. The molecule has 0 unspecified atom stereocenters. The Bertz CT molecular complexity index is 917. The summed E-state index contributed by atoms with van der Waals surface area (Å²) in [7, 11) is 0. The molecule has 166 valence electrons. The minimum absolute atomic E-state index is 0.0773. The summed E-state index contributed by atoms with van der Waals surface area (Å²) < 4.78 is 5.46. The van der Waals surface area contributed by atoms with Crippen LogP contribution in [0.15, 0.2) is 24.4 Å². The Balaban J connectivity index is 1.32. The number of hydrogen-bond acceptors (Lipinski definition) is 5. The Hall–Kier alpha value is -2.13. The Morgan fingerprint density at radius 1 is 1.16 bits per heavy atom. The number of carbonyl (C=O) groups excluding carboxylic acids is 2. The summed E-state index contributed by atoms with van der Waals surface area (Å²) in [5.41, 5.74) is 0.623. The zero-order chi connectivity index (χ0) is 21.8. The first-order chi connectivity index (χ1) is 15.0. The molecule has 0 saturated carbocycles. The van der Waals surface area contributed by atoms with Crippen molar-refractivity contribution in [2.24, 2.45) is 5.92 Å². The number of nitrogens with one attached hydrogen (secondary N) is 3. The zero-order valence-corrected chi connectivity index (χ0v) is 18.5. The smallest absolute Gasteiger partial charge is 0.271 e. The van der Waals surface area contributed by atoms with Gasteiger partial charge in [-0.2, -0.15) is 5.10 Å². The average molecular weight is 466 g/mol. The fraction of sp³-hybridized carbons (Fsp3) is 0.476. The maximum absolute atomic E-state index is 12.8. The van der Waals surface area contributed by atoms with E-state index in [1.807, 2.05) is 0 Å². The van der Waals surface area contributed by atoms with E-state index in [-0.39, 0.29) is 38.9 Å². The molecule has 4 rings (SSSR count). The number of nitrogens with zero attached hydrogens (tertiary/aromatic N) is 2. The van der Waals surface area contributed by atoms with Crippen LogP contribution in [-0.4, -0.2) is 65.8 Å². The van der Waals surface area contributed by atoms with E-state index in [1.54, 1.807) is 18.2 Å². The van der Waals surface area contributed by atoms with Gasteiger partial charge >= 0.3 is 0 Å². The summed E-state index contributed by atoms with van der Waals surface area (Å²) in [5.74, 6) is -0.190. The standard InChI is InChI=1S/C21H25Cl2N5O3/c22-15-2-1-3-16(23)18(15)20(29)26-17-10-24-27-19(17)21(30)25-14-4-7-28(8-5-14)11-13-6-9-31-12-13/h1-3,10,13-14H,4-9,11-12H2,(H,24,27)(H,25,30)(H,26,29)/t13-/m1/s1. The number of halogens is 2. The van der Waals surface area contributed by atoms with Crippen LogP contribution in [0.1, 0.15) is 40.1 Å². The van der Waals surface area contributed by atoms with Crippen LogP contribution in [0.5, 0.6) is 0 Å². The Morgan fingerprint density at radius 3 is 2.58 bits per heavy atom. The van der Waals surface area contributed by atoms with Crippen molar-refractivity contribution < 1.29 is 14.3 Å². The predicted octanol–water partition coefficient (Wildman–Crippen LogP) is 3.20. The minimum atomic E-state index is -0.504. The Labute approximate surface area is 190 Å². The monoisotopic (exact) mass is 465 g/mol. The van der Waals surface area contributed by atoms with Crippen molar-refractivity contribution in [3.63, 3.8) is 0 Å². The van der Waals surface area contributed by atoms with Crippen molar-refractivity contribution in [3.8, 4) is 0 Å². The van der Waals surface area contributed by atoms with Gasteiger partial charge in [-0.25, -0.2) is 0 Å². The van der Waals surface area contributed by atoms with Crippen LogP contribution in [0.2, 0.25) is 10.0 Å². The van der Waals surface area contributed by atoms with Crippen molar-refractivity contribution in [1.82, 2.24) is 20.4 Å². The van der Waals surface area contributed by atoms with Gasteiger partial charge in [0, 0.05) is 32.3 Å². The SMILES string of the molecule is O=C(NC1CCN(C[C@H]2CCOC2)CC1)c1[nH]ncc1NC(=O)c1c(Cl)cccc1Cl. The number of amides is 2. The van der Waals surface area contributed by atoms with Crippen LogP contribution in [0, 0.1) is 5.92 Å². The molecule has 0 spiro atoms. The lowest BCUT2D eigenvalue weighted by Crippen LogP contribution is -2.46.